The monoisotopic (exact) mass is 258 g/mol. The predicted molar refractivity (Wildman–Crippen MR) is 75.4 cm³/mol. The summed E-state index contributed by atoms with van der Waals surface area (Å²) in [6, 6.07) is 14.2. The Balaban J connectivity index is 2.44. The second kappa shape index (κ2) is 5.36. The number of nitrogen functional groups attached to an aromatic ring is 1. The molecule has 0 aliphatic carbocycles. The van der Waals surface area contributed by atoms with E-state index < -0.39 is 4.92 Å². The molecule has 0 unspecified atom stereocenters. The van der Waals surface area contributed by atoms with E-state index in [1.807, 2.05) is 42.3 Å². The molecule has 0 aliphatic heterocycles. The first kappa shape index (κ1) is 12.8. The van der Waals surface area contributed by atoms with Gasteiger partial charge in [-0.15, -0.1) is 0 Å². The van der Waals surface area contributed by atoms with Crippen LogP contribution < -0.4 is 16.2 Å². The summed E-state index contributed by atoms with van der Waals surface area (Å²) in [4.78, 5) is 12.3. The van der Waals surface area contributed by atoms with Gasteiger partial charge in [-0.2, -0.15) is 0 Å². The van der Waals surface area contributed by atoms with Crippen LogP contribution in [0.1, 0.15) is 0 Å². The zero-order chi connectivity index (χ0) is 13.8. The highest BCUT2D eigenvalue weighted by atomic mass is 16.6. The Morgan fingerprint density at radius 3 is 2.42 bits per heavy atom. The highest BCUT2D eigenvalue weighted by Gasteiger charge is 2.12. The van der Waals surface area contributed by atoms with Gasteiger partial charge in [0.1, 0.15) is 0 Å². The van der Waals surface area contributed by atoms with Gasteiger partial charge >= 0.3 is 0 Å². The van der Waals surface area contributed by atoms with Gasteiger partial charge in [0.2, 0.25) is 0 Å². The van der Waals surface area contributed by atoms with E-state index in [0.717, 1.165) is 5.69 Å². The summed E-state index contributed by atoms with van der Waals surface area (Å²) < 4.78 is 0. The lowest BCUT2D eigenvalue weighted by atomic mass is 10.2. The van der Waals surface area contributed by atoms with E-state index in [-0.39, 0.29) is 5.69 Å². The van der Waals surface area contributed by atoms with Crippen LogP contribution in [0.3, 0.4) is 0 Å². The number of nitrogens with zero attached hydrogens (tertiary/aromatic N) is 2. The second-order valence-corrected chi connectivity index (χ2v) is 4.03. The number of nitro benzene ring substituents is 1. The molecule has 6 nitrogen and oxygen atoms in total. The smallest absolute Gasteiger partial charge is 0.273 e. The minimum atomic E-state index is -0.441. The minimum absolute atomic E-state index is 0.00627. The van der Waals surface area contributed by atoms with Crippen molar-refractivity contribution in [2.75, 3.05) is 17.4 Å². The van der Waals surface area contributed by atoms with Gasteiger partial charge in [0.25, 0.3) is 5.69 Å². The number of nitrogens with two attached hydrogens (primary N) is 1. The minimum Gasteiger partial charge on any atom is -0.344 e. The summed E-state index contributed by atoms with van der Waals surface area (Å²) >= 11 is 0. The number of anilines is 3. The van der Waals surface area contributed by atoms with E-state index in [4.69, 9.17) is 5.84 Å². The van der Waals surface area contributed by atoms with Crippen LogP contribution in [-0.2, 0) is 0 Å². The van der Waals surface area contributed by atoms with Crippen molar-refractivity contribution in [2.45, 2.75) is 0 Å². The fourth-order valence-corrected chi connectivity index (χ4v) is 1.78. The predicted octanol–water partition coefficient (Wildman–Crippen LogP) is 2.65. The average Bonchev–Trinajstić information content (AvgIpc) is 2.46. The number of para-hydroxylation sites is 1. The van der Waals surface area contributed by atoms with Crippen molar-refractivity contribution in [3.63, 3.8) is 0 Å². The normalized spacial score (nSPS) is 10.0. The van der Waals surface area contributed by atoms with Crippen LogP contribution in [-0.4, -0.2) is 12.0 Å². The quantitative estimate of drug-likeness (QED) is 0.500. The molecule has 2 aromatic rings. The first-order valence-electron chi connectivity index (χ1n) is 5.66. The van der Waals surface area contributed by atoms with Crippen molar-refractivity contribution in [1.82, 2.24) is 0 Å². The second-order valence-electron chi connectivity index (χ2n) is 4.03. The molecule has 98 valence electrons. The third-order valence-electron chi connectivity index (χ3n) is 2.81. The van der Waals surface area contributed by atoms with Crippen molar-refractivity contribution in [3.8, 4) is 0 Å². The van der Waals surface area contributed by atoms with Gasteiger partial charge in [-0.25, -0.2) is 0 Å². The van der Waals surface area contributed by atoms with E-state index in [2.05, 4.69) is 5.43 Å². The molecule has 2 rings (SSSR count). The third-order valence-corrected chi connectivity index (χ3v) is 2.81. The topological polar surface area (TPSA) is 84.4 Å². The Bertz CT molecular complexity index is 586. The van der Waals surface area contributed by atoms with Crippen LogP contribution in [0.25, 0.3) is 0 Å². The number of rotatable bonds is 4. The zero-order valence-corrected chi connectivity index (χ0v) is 10.4. The lowest BCUT2D eigenvalue weighted by Gasteiger charge is -2.20. The van der Waals surface area contributed by atoms with Gasteiger partial charge in [0.05, 0.1) is 10.6 Å². The number of hydrogen-bond acceptors (Lipinski definition) is 5. The van der Waals surface area contributed by atoms with Crippen molar-refractivity contribution >= 4 is 22.7 Å². The Kier molecular flexibility index (Phi) is 3.63. The maximum absolute atomic E-state index is 10.9. The summed E-state index contributed by atoms with van der Waals surface area (Å²) in [6.07, 6.45) is 0. The Hall–Kier alpha value is -2.60. The Labute approximate surface area is 110 Å². The number of nitrogens with one attached hydrogen (secondary N) is 1. The lowest BCUT2D eigenvalue weighted by molar-refractivity contribution is -0.384. The molecular weight excluding hydrogens is 244 g/mol. The molecule has 0 amide bonds. The van der Waals surface area contributed by atoms with Crippen LogP contribution >= 0.6 is 0 Å². The van der Waals surface area contributed by atoms with Gasteiger partial charge in [-0.05, 0) is 18.2 Å². The number of nitro groups is 1. The zero-order valence-electron chi connectivity index (χ0n) is 10.4. The maximum Gasteiger partial charge on any atom is 0.273 e. The fourth-order valence-electron chi connectivity index (χ4n) is 1.78. The molecule has 0 fully saturated rings. The van der Waals surface area contributed by atoms with Crippen LogP contribution in [0.15, 0.2) is 48.5 Å². The number of hydrazine groups is 1. The van der Waals surface area contributed by atoms with Gasteiger partial charge in [0, 0.05) is 30.6 Å². The van der Waals surface area contributed by atoms with Crippen molar-refractivity contribution in [1.29, 1.82) is 0 Å². The molecule has 0 radical (unpaired) electrons. The van der Waals surface area contributed by atoms with Crippen molar-refractivity contribution in [3.05, 3.63) is 58.6 Å². The molecule has 2 aromatic carbocycles. The van der Waals surface area contributed by atoms with Gasteiger partial charge < -0.3 is 10.3 Å². The largest absolute Gasteiger partial charge is 0.344 e. The molecule has 0 aromatic heterocycles. The summed E-state index contributed by atoms with van der Waals surface area (Å²) in [5.74, 6) is 5.34. The van der Waals surface area contributed by atoms with Crippen LogP contribution in [0, 0.1) is 10.1 Å². The lowest BCUT2D eigenvalue weighted by Crippen LogP contribution is -2.12. The molecule has 0 saturated heterocycles. The first-order valence-corrected chi connectivity index (χ1v) is 5.66. The van der Waals surface area contributed by atoms with Crippen molar-refractivity contribution < 1.29 is 4.92 Å². The highest BCUT2D eigenvalue weighted by molar-refractivity contribution is 5.70. The average molecular weight is 258 g/mol. The standard InChI is InChI=1S/C13H14N4O2/c1-16(11-5-3-2-4-6-11)12-7-10(15-14)8-13(9-12)17(18)19/h2-9,15H,14H2,1H3. The van der Waals surface area contributed by atoms with E-state index >= 15 is 0 Å². The van der Waals surface area contributed by atoms with Gasteiger partial charge in [-0.1, -0.05) is 18.2 Å². The molecule has 19 heavy (non-hydrogen) atoms. The molecule has 0 saturated carbocycles. The maximum atomic E-state index is 10.9. The molecule has 0 bridgehead atoms. The van der Waals surface area contributed by atoms with Crippen LogP contribution in [0.2, 0.25) is 0 Å². The SMILES string of the molecule is CN(c1ccccc1)c1cc(NN)cc([N+](=O)[O-])c1. The highest BCUT2D eigenvalue weighted by Crippen LogP contribution is 2.30. The molecule has 3 N–H and O–H groups in total. The van der Waals surface area contributed by atoms with Gasteiger partial charge in [-0.3, -0.25) is 16.0 Å². The first-order chi connectivity index (χ1) is 9.11. The molecule has 0 atom stereocenters. The van der Waals surface area contributed by atoms with Crippen LogP contribution in [0.4, 0.5) is 22.7 Å². The third kappa shape index (κ3) is 2.80. The summed E-state index contributed by atoms with van der Waals surface area (Å²) in [5.41, 5.74) is 4.55. The van der Waals surface area contributed by atoms with E-state index in [9.17, 15) is 10.1 Å². The fraction of sp³-hybridized carbons (Fsp3) is 0.0769. The Morgan fingerprint density at radius 2 is 1.84 bits per heavy atom. The van der Waals surface area contributed by atoms with Crippen molar-refractivity contribution in [2.24, 2.45) is 5.84 Å². The summed E-state index contributed by atoms with van der Waals surface area (Å²) in [7, 11) is 1.84. The number of non-ortho nitro benzene ring substituents is 1. The molecule has 6 heteroatoms. The molecule has 0 heterocycles. The number of hydrogen-bond donors (Lipinski definition) is 2. The summed E-state index contributed by atoms with van der Waals surface area (Å²) in [6.45, 7) is 0. The van der Waals surface area contributed by atoms with E-state index in [0.29, 0.717) is 11.4 Å². The molecular formula is C13H14N4O2. The van der Waals surface area contributed by atoms with Gasteiger partial charge in [0.15, 0.2) is 0 Å². The number of benzene rings is 2. The summed E-state index contributed by atoms with van der Waals surface area (Å²) in [5, 5.41) is 10.9. The van der Waals surface area contributed by atoms with E-state index in [1.165, 1.54) is 12.1 Å². The Morgan fingerprint density at radius 1 is 1.16 bits per heavy atom. The van der Waals surface area contributed by atoms with E-state index in [1.54, 1.807) is 6.07 Å². The molecule has 0 spiro atoms. The van der Waals surface area contributed by atoms with Crippen LogP contribution in [0.5, 0.6) is 0 Å². The molecule has 0 aliphatic rings.